The Hall–Kier alpha value is -4.14. The van der Waals surface area contributed by atoms with Crippen molar-refractivity contribution in [1.82, 2.24) is 18.7 Å². The first-order valence-corrected chi connectivity index (χ1v) is 10.3. The summed E-state index contributed by atoms with van der Waals surface area (Å²) in [6.45, 7) is 0.433. The van der Waals surface area contributed by atoms with Gasteiger partial charge in [-0.3, -0.25) is 18.7 Å². The summed E-state index contributed by atoms with van der Waals surface area (Å²) in [5.74, 6) is -0.123. The van der Waals surface area contributed by atoms with Crippen molar-refractivity contribution in [3.8, 4) is 0 Å². The number of carbonyl (C=O) groups excluding carboxylic acids is 1. The van der Waals surface area contributed by atoms with Gasteiger partial charge in [0, 0.05) is 43.5 Å². The quantitative estimate of drug-likeness (QED) is 0.461. The highest BCUT2D eigenvalue weighted by atomic mass is 16.3. The van der Waals surface area contributed by atoms with E-state index < -0.39 is 11.2 Å². The fourth-order valence-corrected chi connectivity index (χ4v) is 4.00. The number of carbonyl (C=O) groups is 1. The van der Waals surface area contributed by atoms with Gasteiger partial charge < -0.3 is 14.3 Å². The molecule has 0 aliphatic heterocycles. The van der Waals surface area contributed by atoms with E-state index in [4.69, 9.17) is 4.42 Å². The summed E-state index contributed by atoms with van der Waals surface area (Å²) in [4.78, 5) is 41.2. The second kappa shape index (κ2) is 7.52. The van der Waals surface area contributed by atoms with E-state index in [0.717, 1.165) is 26.5 Å². The maximum atomic E-state index is 12.5. The summed E-state index contributed by atoms with van der Waals surface area (Å²) in [7, 11) is 3.02. The van der Waals surface area contributed by atoms with Crippen molar-refractivity contribution >= 4 is 44.7 Å². The third-order valence-corrected chi connectivity index (χ3v) is 5.68. The van der Waals surface area contributed by atoms with Gasteiger partial charge in [0.05, 0.1) is 6.33 Å². The Kier molecular flexibility index (Phi) is 4.66. The first kappa shape index (κ1) is 19.8. The zero-order valence-electron chi connectivity index (χ0n) is 17.7. The van der Waals surface area contributed by atoms with Crippen molar-refractivity contribution in [3.05, 3.63) is 69.6 Å². The molecule has 0 aliphatic rings. The molecule has 0 aliphatic carbocycles. The van der Waals surface area contributed by atoms with Crippen molar-refractivity contribution in [3.63, 3.8) is 0 Å². The molecule has 0 fully saturated rings. The van der Waals surface area contributed by atoms with Crippen LogP contribution in [-0.4, -0.2) is 24.6 Å². The van der Waals surface area contributed by atoms with E-state index in [1.54, 1.807) is 11.6 Å². The van der Waals surface area contributed by atoms with Crippen molar-refractivity contribution in [2.75, 3.05) is 5.32 Å². The smallest absolute Gasteiger partial charge is 0.332 e. The molecule has 32 heavy (non-hydrogen) atoms. The minimum Gasteiger partial charge on any atom is -0.456 e. The van der Waals surface area contributed by atoms with Crippen molar-refractivity contribution < 1.29 is 9.21 Å². The number of para-hydroxylation sites is 1. The van der Waals surface area contributed by atoms with Crippen LogP contribution in [0.4, 0.5) is 5.69 Å². The topological polar surface area (TPSA) is 104 Å². The number of nitrogens with zero attached hydrogens (tertiary/aromatic N) is 4. The van der Waals surface area contributed by atoms with Crippen LogP contribution in [0.2, 0.25) is 0 Å². The summed E-state index contributed by atoms with van der Waals surface area (Å²) >= 11 is 0. The van der Waals surface area contributed by atoms with Gasteiger partial charge in [0.1, 0.15) is 11.2 Å². The molecule has 1 N–H and O–H groups in total. The molecule has 9 nitrogen and oxygen atoms in total. The van der Waals surface area contributed by atoms with Crippen LogP contribution in [0.1, 0.15) is 12.8 Å². The Morgan fingerprint density at radius 1 is 1.03 bits per heavy atom. The molecule has 9 heteroatoms. The van der Waals surface area contributed by atoms with Gasteiger partial charge in [0.25, 0.3) is 5.56 Å². The van der Waals surface area contributed by atoms with Gasteiger partial charge in [-0.1, -0.05) is 18.2 Å². The van der Waals surface area contributed by atoms with Gasteiger partial charge in [0.2, 0.25) is 5.91 Å². The lowest BCUT2D eigenvalue weighted by Crippen LogP contribution is -2.37. The highest BCUT2D eigenvalue weighted by Crippen LogP contribution is 2.30. The van der Waals surface area contributed by atoms with E-state index >= 15 is 0 Å². The zero-order valence-corrected chi connectivity index (χ0v) is 17.7. The van der Waals surface area contributed by atoms with Crippen LogP contribution in [0.15, 0.2) is 62.8 Å². The minimum absolute atomic E-state index is 0.123. The van der Waals surface area contributed by atoms with Crippen molar-refractivity contribution in [1.29, 1.82) is 0 Å². The minimum atomic E-state index is -0.422. The zero-order chi connectivity index (χ0) is 22.4. The van der Waals surface area contributed by atoms with E-state index in [1.807, 2.05) is 42.5 Å². The fourth-order valence-electron chi connectivity index (χ4n) is 4.00. The Bertz CT molecular complexity index is 1620. The number of anilines is 1. The van der Waals surface area contributed by atoms with Crippen LogP contribution in [0, 0.1) is 0 Å². The Balaban J connectivity index is 1.29. The molecule has 0 bridgehead atoms. The van der Waals surface area contributed by atoms with E-state index in [0.29, 0.717) is 29.8 Å². The van der Waals surface area contributed by atoms with E-state index in [-0.39, 0.29) is 12.3 Å². The molecule has 5 aromatic rings. The molecule has 5 rings (SSSR count). The van der Waals surface area contributed by atoms with Crippen LogP contribution in [0.3, 0.4) is 0 Å². The van der Waals surface area contributed by atoms with Gasteiger partial charge in [0.15, 0.2) is 11.2 Å². The van der Waals surface area contributed by atoms with Crippen LogP contribution < -0.4 is 16.6 Å². The van der Waals surface area contributed by atoms with Gasteiger partial charge >= 0.3 is 5.69 Å². The molecule has 3 aromatic heterocycles. The fraction of sp³-hybridized carbons (Fsp3) is 0.217. The number of hydrogen-bond acceptors (Lipinski definition) is 5. The third kappa shape index (κ3) is 3.18. The van der Waals surface area contributed by atoms with Gasteiger partial charge in [-0.05, 0) is 30.7 Å². The maximum Gasteiger partial charge on any atom is 0.332 e. The number of rotatable bonds is 5. The monoisotopic (exact) mass is 431 g/mol. The van der Waals surface area contributed by atoms with E-state index in [9.17, 15) is 14.4 Å². The molecule has 3 heterocycles. The number of hydrogen-bond donors (Lipinski definition) is 1. The number of aromatic nitrogens is 4. The molecule has 0 radical (unpaired) electrons. The van der Waals surface area contributed by atoms with Gasteiger partial charge in [-0.25, -0.2) is 9.78 Å². The first-order chi connectivity index (χ1) is 15.4. The predicted molar refractivity (Wildman–Crippen MR) is 122 cm³/mol. The second-order valence-electron chi connectivity index (χ2n) is 7.78. The highest BCUT2D eigenvalue weighted by molar-refractivity contribution is 6.06. The maximum absolute atomic E-state index is 12.5. The first-order valence-electron chi connectivity index (χ1n) is 10.3. The molecular formula is C23H21N5O4. The van der Waals surface area contributed by atoms with E-state index in [2.05, 4.69) is 10.3 Å². The average molecular weight is 431 g/mol. The molecule has 0 spiro atoms. The number of aryl methyl sites for hydroxylation is 2. The number of fused-ring (bicyclic) bond motifs is 4. The third-order valence-electron chi connectivity index (χ3n) is 5.68. The summed E-state index contributed by atoms with van der Waals surface area (Å²) in [5, 5.41) is 4.88. The molecule has 0 saturated carbocycles. The molecule has 0 saturated heterocycles. The molecule has 1 amide bonds. The summed E-state index contributed by atoms with van der Waals surface area (Å²) < 4.78 is 9.91. The molecular weight excluding hydrogens is 410 g/mol. The number of imidazole rings is 1. The SMILES string of the molecule is Cn1c(=O)c2c(ncn2CCCC(=O)Nc2ccc3oc4ccccc4c3c2)n(C)c1=O. The van der Waals surface area contributed by atoms with Crippen LogP contribution in [-0.2, 0) is 25.4 Å². The Morgan fingerprint density at radius 3 is 2.66 bits per heavy atom. The predicted octanol–water partition coefficient (Wildman–Crippen LogP) is 2.75. The average Bonchev–Trinajstić information content (AvgIpc) is 3.38. The van der Waals surface area contributed by atoms with Gasteiger partial charge in [-0.2, -0.15) is 0 Å². The summed E-state index contributed by atoms with van der Waals surface area (Å²) in [6.07, 6.45) is 2.32. The summed E-state index contributed by atoms with van der Waals surface area (Å²) in [5.41, 5.74) is 2.15. The molecule has 0 unspecified atom stereocenters. The van der Waals surface area contributed by atoms with Crippen LogP contribution in [0.5, 0.6) is 0 Å². The second-order valence-corrected chi connectivity index (χ2v) is 7.78. The number of benzene rings is 2. The number of furan rings is 1. The molecule has 0 atom stereocenters. The highest BCUT2D eigenvalue weighted by Gasteiger charge is 2.14. The lowest BCUT2D eigenvalue weighted by Gasteiger charge is -2.08. The Morgan fingerprint density at radius 2 is 1.81 bits per heavy atom. The largest absolute Gasteiger partial charge is 0.456 e. The number of nitrogens with one attached hydrogen (secondary N) is 1. The summed E-state index contributed by atoms with van der Waals surface area (Å²) in [6, 6.07) is 13.4. The lowest BCUT2D eigenvalue weighted by atomic mass is 10.1. The lowest BCUT2D eigenvalue weighted by molar-refractivity contribution is -0.116. The van der Waals surface area contributed by atoms with Crippen molar-refractivity contribution in [2.45, 2.75) is 19.4 Å². The van der Waals surface area contributed by atoms with Gasteiger partial charge in [-0.15, -0.1) is 0 Å². The molecule has 162 valence electrons. The standard InChI is InChI=1S/C23H21N5O4/c1-26-21-20(22(30)27(2)23(26)31)28(13-24-21)11-5-8-19(29)25-14-9-10-18-16(12-14)15-6-3-4-7-17(15)32-18/h3-4,6-7,9-10,12-13H,5,8,11H2,1-2H3,(H,25,29). The van der Waals surface area contributed by atoms with Crippen LogP contribution in [0.25, 0.3) is 33.1 Å². The van der Waals surface area contributed by atoms with Crippen LogP contribution >= 0.6 is 0 Å². The van der Waals surface area contributed by atoms with Crippen molar-refractivity contribution in [2.24, 2.45) is 14.1 Å². The normalized spacial score (nSPS) is 11.6. The number of amides is 1. The Labute approximate surface area is 181 Å². The molecule has 2 aromatic carbocycles. The van der Waals surface area contributed by atoms with E-state index in [1.165, 1.54) is 17.9 Å².